The molecule has 0 amide bonds. The van der Waals surface area contributed by atoms with E-state index < -0.39 is 0 Å². The van der Waals surface area contributed by atoms with Gasteiger partial charge in [0.2, 0.25) is 5.88 Å². The smallest absolute Gasteiger partial charge is 0.232 e. The summed E-state index contributed by atoms with van der Waals surface area (Å²) < 4.78 is 5.20. The maximum Gasteiger partial charge on any atom is 0.232 e. The highest BCUT2D eigenvalue weighted by Crippen LogP contribution is 2.35. The Bertz CT molecular complexity index is 849. The molecule has 4 rings (SSSR count). The van der Waals surface area contributed by atoms with Crippen LogP contribution in [0.1, 0.15) is 35.4 Å². The second kappa shape index (κ2) is 5.89. The summed E-state index contributed by atoms with van der Waals surface area (Å²) in [6.07, 6.45) is 7.80. The maximum absolute atomic E-state index is 5.20. The van der Waals surface area contributed by atoms with Crippen molar-refractivity contribution in [1.29, 1.82) is 0 Å². The number of ether oxygens (including phenoxy) is 1. The van der Waals surface area contributed by atoms with Gasteiger partial charge in [-0.05, 0) is 50.3 Å². The maximum atomic E-state index is 5.20. The average molecular weight is 325 g/mol. The summed E-state index contributed by atoms with van der Waals surface area (Å²) in [5.74, 6) is 0.545. The molecule has 4 nitrogen and oxygen atoms in total. The normalized spacial score (nSPS) is 14.5. The Morgan fingerprint density at radius 1 is 1.09 bits per heavy atom. The summed E-state index contributed by atoms with van der Waals surface area (Å²) in [5, 5.41) is 1.07. The van der Waals surface area contributed by atoms with Crippen LogP contribution in [0.15, 0.2) is 18.3 Å². The van der Waals surface area contributed by atoms with Gasteiger partial charge in [-0.2, -0.15) is 0 Å². The van der Waals surface area contributed by atoms with Gasteiger partial charge < -0.3 is 4.74 Å². The summed E-state index contributed by atoms with van der Waals surface area (Å²) in [6, 6.07) is 4.22. The number of aryl methyl sites for hydroxylation is 3. The minimum Gasteiger partial charge on any atom is -0.480 e. The lowest BCUT2D eigenvalue weighted by Crippen LogP contribution is -1.93. The van der Waals surface area contributed by atoms with Crippen molar-refractivity contribution in [2.24, 2.45) is 0 Å². The van der Waals surface area contributed by atoms with Gasteiger partial charge in [0.15, 0.2) is 0 Å². The second-order valence-electron chi connectivity index (χ2n) is 6.04. The zero-order chi connectivity index (χ0) is 15.8. The fraction of sp³-hybridized carbons (Fsp3) is 0.389. The number of methoxy groups -OCH3 is 1. The standard InChI is InChI=1S/C18H19N3OS/c1-11-8-12(17-14(9-11)20-16(22-2)10-19-17)18-21-13-6-4-3-5-7-15(13)23-18/h8-10H,3-7H2,1-2H3. The third-order valence-corrected chi connectivity index (χ3v) is 5.49. The Morgan fingerprint density at radius 3 is 2.83 bits per heavy atom. The molecule has 0 bridgehead atoms. The minimum absolute atomic E-state index is 0.545. The van der Waals surface area contributed by atoms with Crippen LogP contribution in [-0.2, 0) is 12.8 Å². The summed E-state index contributed by atoms with van der Waals surface area (Å²) >= 11 is 1.83. The largest absolute Gasteiger partial charge is 0.480 e. The van der Waals surface area contributed by atoms with E-state index in [0.29, 0.717) is 5.88 Å². The van der Waals surface area contributed by atoms with Gasteiger partial charge in [-0.1, -0.05) is 6.42 Å². The number of hydrogen-bond donors (Lipinski definition) is 0. The molecule has 0 radical (unpaired) electrons. The Labute approximate surface area is 139 Å². The molecule has 0 saturated heterocycles. The van der Waals surface area contributed by atoms with E-state index in [2.05, 4.69) is 23.0 Å². The predicted molar refractivity (Wildman–Crippen MR) is 93.2 cm³/mol. The number of thiazole rings is 1. The van der Waals surface area contributed by atoms with Crippen LogP contribution in [0.2, 0.25) is 0 Å². The first-order chi connectivity index (χ1) is 11.2. The summed E-state index contributed by atoms with van der Waals surface area (Å²) in [6.45, 7) is 2.09. The van der Waals surface area contributed by atoms with Crippen LogP contribution in [0.3, 0.4) is 0 Å². The molecule has 2 aromatic heterocycles. The molecule has 1 aliphatic rings. The van der Waals surface area contributed by atoms with E-state index in [0.717, 1.165) is 34.4 Å². The molecule has 1 aliphatic carbocycles. The van der Waals surface area contributed by atoms with E-state index in [1.54, 1.807) is 13.3 Å². The quantitative estimate of drug-likeness (QED) is 0.658. The molecule has 0 atom stereocenters. The monoisotopic (exact) mass is 325 g/mol. The number of aromatic nitrogens is 3. The fourth-order valence-corrected chi connectivity index (χ4v) is 4.32. The molecular weight excluding hydrogens is 306 g/mol. The van der Waals surface area contributed by atoms with Crippen molar-refractivity contribution in [2.75, 3.05) is 7.11 Å². The zero-order valence-electron chi connectivity index (χ0n) is 13.4. The Hall–Kier alpha value is -2.01. The SMILES string of the molecule is COc1cnc2c(-c3nc4c(s3)CCCCC4)cc(C)cc2n1. The van der Waals surface area contributed by atoms with E-state index in [9.17, 15) is 0 Å². The van der Waals surface area contributed by atoms with E-state index in [4.69, 9.17) is 9.72 Å². The van der Waals surface area contributed by atoms with Gasteiger partial charge in [0, 0.05) is 10.4 Å². The predicted octanol–water partition coefficient (Wildman–Crippen LogP) is 4.34. The summed E-state index contributed by atoms with van der Waals surface area (Å²) in [5.41, 5.74) is 5.32. The number of rotatable bonds is 2. The van der Waals surface area contributed by atoms with Crippen LogP contribution < -0.4 is 4.74 Å². The summed E-state index contributed by atoms with van der Waals surface area (Å²) in [4.78, 5) is 15.5. The Kier molecular flexibility index (Phi) is 3.73. The molecule has 0 N–H and O–H groups in total. The molecule has 1 aromatic carbocycles. The lowest BCUT2D eigenvalue weighted by Gasteiger charge is -2.06. The van der Waals surface area contributed by atoms with E-state index in [1.807, 2.05) is 17.4 Å². The molecule has 0 aliphatic heterocycles. The van der Waals surface area contributed by atoms with Crippen molar-refractivity contribution >= 4 is 22.4 Å². The van der Waals surface area contributed by atoms with Crippen LogP contribution in [0.4, 0.5) is 0 Å². The van der Waals surface area contributed by atoms with Crippen LogP contribution in [0.25, 0.3) is 21.6 Å². The van der Waals surface area contributed by atoms with Gasteiger partial charge in [0.05, 0.1) is 30.0 Å². The van der Waals surface area contributed by atoms with Crippen molar-refractivity contribution in [2.45, 2.75) is 39.0 Å². The number of hydrogen-bond acceptors (Lipinski definition) is 5. The Balaban J connectivity index is 1.88. The number of nitrogens with zero attached hydrogens (tertiary/aromatic N) is 3. The number of benzene rings is 1. The zero-order valence-corrected chi connectivity index (χ0v) is 14.2. The van der Waals surface area contributed by atoms with Gasteiger partial charge >= 0.3 is 0 Å². The highest BCUT2D eigenvalue weighted by atomic mass is 32.1. The van der Waals surface area contributed by atoms with Crippen LogP contribution >= 0.6 is 11.3 Å². The van der Waals surface area contributed by atoms with Crippen LogP contribution in [0, 0.1) is 6.92 Å². The van der Waals surface area contributed by atoms with E-state index in [1.165, 1.54) is 35.4 Å². The van der Waals surface area contributed by atoms with E-state index in [-0.39, 0.29) is 0 Å². The van der Waals surface area contributed by atoms with Gasteiger partial charge in [-0.15, -0.1) is 11.3 Å². The van der Waals surface area contributed by atoms with Gasteiger partial charge in [0.1, 0.15) is 5.01 Å². The molecule has 5 heteroatoms. The van der Waals surface area contributed by atoms with Gasteiger partial charge in [-0.25, -0.2) is 15.0 Å². The average Bonchev–Trinajstić information content (AvgIpc) is 2.84. The lowest BCUT2D eigenvalue weighted by molar-refractivity contribution is 0.397. The third-order valence-electron chi connectivity index (χ3n) is 4.30. The summed E-state index contributed by atoms with van der Waals surface area (Å²) in [7, 11) is 1.62. The van der Waals surface area contributed by atoms with Crippen LogP contribution in [-0.4, -0.2) is 22.1 Å². The Morgan fingerprint density at radius 2 is 1.96 bits per heavy atom. The molecule has 3 aromatic rings. The van der Waals surface area contributed by atoms with Crippen molar-refractivity contribution in [3.63, 3.8) is 0 Å². The first-order valence-corrected chi connectivity index (χ1v) is 8.86. The highest BCUT2D eigenvalue weighted by Gasteiger charge is 2.17. The first kappa shape index (κ1) is 14.6. The topological polar surface area (TPSA) is 47.9 Å². The molecule has 118 valence electrons. The molecule has 23 heavy (non-hydrogen) atoms. The van der Waals surface area contributed by atoms with Crippen molar-refractivity contribution < 1.29 is 4.74 Å². The molecule has 0 saturated carbocycles. The third kappa shape index (κ3) is 2.70. The first-order valence-electron chi connectivity index (χ1n) is 8.05. The minimum atomic E-state index is 0.545. The molecule has 0 spiro atoms. The second-order valence-corrected chi connectivity index (χ2v) is 7.13. The highest BCUT2D eigenvalue weighted by molar-refractivity contribution is 7.15. The fourth-order valence-electron chi connectivity index (χ4n) is 3.15. The molecule has 0 fully saturated rings. The van der Waals surface area contributed by atoms with Crippen molar-refractivity contribution in [3.05, 3.63) is 34.5 Å². The molecule has 0 unspecified atom stereocenters. The van der Waals surface area contributed by atoms with E-state index >= 15 is 0 Å². The van der Waals surface area contributed by atoms with Crippen LogP contribution in [0.5, 0.6) is 5.88 Å². The van der Waals surface area contributed by atoms with Gasteiger partial charge in [-0.3, -0.25) is 0 Å². The van der Waals surface area contributed by atoms with Crippen molar-refractivity contribution in [1.82, 2.24) is 15.0 Å². The molecular formula is C18H19N3OS. The number of fused-ring (bicyclic) bond motifs is 2. The lowest BCUT2D eigenvalue weighted by atomic mass is 10.1. The van der Waals surface area contributed by atoms with Crippen molar-refractivity contribution in [3.8, 4) is 16.5 Å². The van der Waals surface area contributed by atoms with Gasteiger partial charge in [0.25, 0.3) is 0 Å². The molecule has 2 heterocycles.